The standard InChI is InChI=1S/C12H8Cl2N4O/c13-9-5-8(6-10(14)17-9)12(19)18-11(15)7-1-3-16-4-2-7/h1-6H,(H2,15,18,19)/p+1. The highest BCUT2D eigenvalue weighted by atomic mass is 35.5. The van der Waals surface area contributed by atoms with Gasteiger partial charge >= 0.3 is 0 Å². The zero-order valence-electron chi connectivity index (χ0n) is 9.60. The molecule has 0 aliphatic carbocycles. The van der Waals surface area contributed by atoms with E-state index in [0.717, 1.165) is 0 Å². The van der Waals surface area contributed by atoms with Gasteiger partial charge in [0.05, 0.1) is 0 Å². The Hall–Kier alpha value is -1.98. The van der Waals surface area contributed by atoms with Gasteiger partial charge < -0.3 is 5.73 Å². The minimum Gasteiger partial charge on any atom is -0.383 e. The van der Waals surface area contributed by atoms with Crippen LogP contribution in [0.1, 0.15) is 15.9 Å². The minimum absolute atomic E-state index is 0.114. The zero-order valence-corrected chi connectivity index (χ0v) is 11.1. The van der Waals surface area contributed by atoms with Gasteiger partial charge in [-0.05, 0) is 12.1 Å². The van der Waals surface area contributed by atoms with E-state index in [9.17, 15) is 4.79 Å². The highest BCUT2D eigenvalue weighted by Gasteiger charge is 2.09. The number of rotatable bonds is 2. The molecule has 7 heteroatoms. The summed E-state index contributed by atoms with van der Waals surface area (Å²) in [6.45, 7) is 0. The number of aromatic amines is 1. The molecule has 1 amide bonds. The van der Waals surface area contributed by atoms with Gasteiger partial charge in [-0.1, -0.05) is 23.2 Å². The zero-order chi connectivity index (χ0) is 13.8. The Bertz CT molecular complexity index is 623. The van der Waals surface area contributed by atoms with Crippen LogP contribution in [-0.2, 0) is 0 Å². The summed E-state index contributed by atoms with van der Waals surface area (Å²) in [4.78, 5) is 22.3. The monoisotopic (exact) mass is 295 g/mol. The van der Waals surface area contributed by atoms with Gasteiger partial charge in [0.15, 0.2) is 12.4 Å². The molecule has 96 valence electrons. The molecule has 0 saturated heterocycles. The Morgan fingerprint density at radius 1 is 1.16 bits per heavy atom. The normalized spacial score (nSPS) is 11.4. The van der Waals surface area contributed by atoms with Gasteiger partial charge in [-0.3, -0.25) is 4.79 Å². The van der Waals surface area contributed by atoms with Gasteiger partial charge in [-0.15, -0.1) is 0 Å². The number of nitrogens with zero attached hydrogens (tertiary/aromatic N) is 2. The molecule has 0 aliphatic heterocycles. The van der Waals surface area contributed by atoms with Crippen molar-refractivity contribution in [2.45, 2.75) is 0 Å². The maximum absolute atomic E-state index is 11.9. The van der Waals surface area contributed by atoms with Crippen LogP contribution >= 0.6 is 23.2 Å². The lowest BCUT2D eigenvalue weighted by Gasteiger charge is -2.00. The molecule has 0 radical (unpaired) electrons. The highest BCUT2D eigenvalue weighted by molar-refractivity contribution is 6.33. The molecule has 0 bridgehead atoms. The van der Waals surface area contributed by atoms with Gasteiger partial charge in [0.2, 0.25) is 0 Å². The molecule has 0 fully saturated rings. The third-order valence-electron chi connectivity index (χ3n) is 2.25. The fraction of sp³-hybridized carbons (Fsp3) is 0. The number of pyridine rings is 2. The molecule has 19 heavy (non-hydrogen) atoms. The van der Waals surface area contributed by atoms with Crippen molar-refractivity contribution in [1.82, 2.24) is 4.98 Å². The summed E-state index contributed by atoms with van der Waals surface area (Å²) in [6.07, 6.45) is 3.37. The second kappa shape index (κ2) is 5.77. The summed E-state index contributed by atoms with van der Waals surface area (Å²) in [5, 5.41) is 0.248. The highest BCUT2D eigenvalue weighted by Crippen LogP contribution is 2.15. The largest absolute Gasteiger partial charge is 0.383 e. The molecule has 2 aromatic rings. The second-order valence-electron chi connectivity index (χ2n) is 3.59. The molecule has 2 heterocycles. The molecule has 0 aliphatic rings. The molecule has 0 spiro atoms. The number of amidine groups is 1. The number of carbonyl (C=O) groups is 1. The number of carbonyl (C=O) groups excluding carboxylic acids is 1. The van der Waals surface area contributed by atoms with Crippen LogP contribution in [-0.4, -0.2) is 16.7 Å². The van der Waals surface area contributed by atoms with Gasteiger partial charge in [-0.25, -0.2) is 9.97 Å². The van der Waals surface area contributed by atoms with Crippen LogP contribution < -0.4 is 10.7 Å². The third kappa shape index (κ3) is 3.49. The van der Waals surface area contributed by atoms with E-state index in [0.29, 0.717) is 5.56 Å². The maximum atomic E-state index is 11.9. The molecular formula is C12H9Cl2N4O+. The summed E-state index contributed by atoms with van der Waals surface area (Å²) in [5.74, 6) is -0.417. The number of aliphatic imine (C=N–C) groups is 1. The Labute approximate surface area is 119 Å². The molecule has 0 unspecified atom stereocenters. The van der Waals surface area contributed by atoms with Crippen molar-refractivity contribution >= 4 is 34.9 Å². The first kappa shape index (κ1) is 13.5. The SMILES string of the molecule is NC(=NC(=O)c1cc(Cl)nc(Cl)c1)c1cc[nH+]cc1. The molecule has 2 aromatic heterocycles. The average Bonchev–Trinajstić information content (AvgIpc) is 2.38. The summed E-state index contributed by atoms with van der Waals surface area (Å²) in [5.41, 5.74) is 6.61. The van der Waals surface area contributed by atoms with E-state index in [1.807, 2.05) is 0 Å². The summed E-state index contributed by atoms with van der Waals surface area (Å²) in [7, 11) is 0. The lowest BCUT2D eigenvalue weighted by molar-refractivity contribution is -0.378. The molecule has 5 nitrogen and oxygen atoms in total. The van der Waals surface area contributed by atoms with E-state index in [1.54, 1.807) is 24.5 Å². The molecule has 0 saturated carbocycles. The van der Waals surface area contributed by atoms with Gasteiger partial charge in [-0.2, -0.15) is 4.99 Å². The fourth-order valence-corrected chi connectivity index (χ4v) is 1.84. The summed E-state index contributed by atoms with van der Waals surface area (Å²) in [6, 6.07) is 6.17. The Morgan fingerprint density at radius 2 is 1.74 bits per heavy atom. The van der Waals surface area contributed by atoms with Crippen molar-refractivity contribution in [2.24, 2.45) is 10.7 Å². The lowest BCUT2D eigenvalue weighted by atomic mass is 10.2. The predicted molar refractivity (Wildman–Crippen MR) is 72.3 cm³/mol. The van der Waals surface area contributed by atoms with E-state index in [1.165, 1.54) is 12.1 Å². The van der Waals surface area contributed by atoms with Crippen LogP contribution in [0.2, 0.25) is 10.3 Å². The topological polar surface area (TPSA) is 82.5 Å². The van der Waals surface area contributed by atoms with Crippen molar-refractivity contribution in [3.8, 4) is 0 Å². The third-order valence-corrected chi connectivity index (χ3v) is 2.63. The molecule has 0 aromatic carbocycles. The number of nitrogens with two attached hydrogens (primary N) is 1. The molecule has 3 N–H and O–H groups in total. The van der Waals surface area contributed by atoms with Crippen molar-refractivity contribution < 1.29 is 9.78 Å². The summed E-state index contributed by atoms with van der Waals surface area (Å²) >= 11 is 11.4. The number of hydrogen-bond acceptors (Lipinski definition) is 2. The number of nitrogens with one attached hydrogen (secondary N) is 1. The Morgan fingerprint density at radius 3 is 2.32 bits per heavy atom. The van der Waals surface area contributed by atoms with Gasteiger partial charge in [0, 0.05) is 23.3 Å². The van der Waals surface area contributed by atoms with Crippen molar-refractivity contribution in [3.63, 3.8) is 0 Å². The van der Waals surface area contributed by atoms with Crippen LogP contribution in [0.25, 0.3) is 0 Å². The van der Waals surface area contributed by atoms with E-state index in [-0.39, 0.29) is 21.7 Å². The lowest BCUT2D eigenvalue weighted by Crippen LogP contribution is -2.17. The first-order valence-electron chi connectivity index (χ1n) is 5.24. The van der Waals surface area contributed by atoms with E-state index in [2.05, 4.69) is 15.0 Å². The number of aromatic nitrogens is 2. The van der Waals surface area contributed by atoms with Gasteiger partial charge in [0.1, 0.15) is 16.1 Å². The minimum atomic E-state index is -0.531. The van der Waals surface area contributed by atoms with Crippen LogP contribution in [0, 0.1) is 0 Å². The van der Waals surface area contributed by atoms with Gasteiger partial charge in [0.25, 0.3) is 5.91 Å². The molecule has 0 atom stereocenters. The van der Waals surface area contributed by atoms with E-state index < -0.39 is 5.91 Å². The molecule has 2 rings (SSSR count). The maximum Gasteiger partial charge on any atom is 0.279 e. The number of H-pyrrole nitrogens is 1. The Kier molecular flexibility index (Phi) is 4.09. The smallest absolute Gasteiger partial charge is 0.279 e. The average molecular weight is 296 g/mol. The quantitative estimate of drug-likeness (QED) is 0.520. The Balaban J connectivity index is 2.30. The van der Waals surface area contributed by atoms with E-state index in [4.69, 9.17) is 28.9 Å². The van der Waals surface area contributed by atoms with Crippen molar-refractivity contribution in [3.05, 3.63) is 58.1 Å². The predicted octanol–water partition coefficient (Wildman–Crippen LogP) is 1.75. The number of hydrogen-bond donors (Lipinski definition) is 1. The summed E-state index contributed by atoms with van der Waals surface area (Å²) < 4.78 is 0. The van der Waals surface area contributed by atoms with Crippen LogP contribution in [0.15, 0.2) is 41.7 Å². The van der Waals surface area contributed by atoms with Crippen molar-refractivity contribution in [1.29, 1.82) is 0 Å². The van der Waals surface area contributed by atoms with E-state index >= 15 is 0 Å². The first-order chi connectivity index (χ1) is 9.06. The van der Waals surface area contributed by atoms with Crippen LogP contribution in [0.4, 0.5) is 0 Å². The fourth-order valence-electron chi connectivity index (χ4n) is 1.38. The van der Waals surface area contributed by atoms with Crippen LogP contribution in [0.3, 0.4) is 0 Å². The number of halogens is 2. The molecular weight excluding hydrogens is 287 g/mol. The first-order valence-corrected chi connectivity index (χ1v) is 6.00. The van der Waals surface area contributed by atoms with Crippen molar-refractivity contribution in [2.75, 3.05) is 0 Å². The van der Waals surface area contributed by atoms with Crippen LogP contribution in [0.5, 0.6) is 0 Å². The number of amides is 1. The second-order valence-corrected chi connectivity index (χ2v) is 4.37.